The predicted octanol–water partition coefficient (Wildman–Crippen LogP) is 5.52. The van der Waals surface area contributed by atoms with Gasteiger partial charge >= 0.3 is 5.97 Å². The number of hydrogen-bond acceptors (Lipinski definition) is 4. The number of aryl methyl sites for hydroxylation is 1. The van der Waals surface area contributed by atoms with Crippen LogP contribution in [0.4, 0.5) is 0 Å². The molecule has 0 spiro atoms. The average Bonchev–Trinajstić information content (AvgIpc) is 2.58. The number of ether oxygens (including phenoxy) is 1. The average molecular weight is 394 g/mol. The first-order valence-corrected chi connectivity index (χ1v) is 10.4. The summed E-state index contributed by atoms with van der Waals surface area (Å²) in [6, 6.07) is 8.09. The number of pyridine rings is 1. The van der Waals surface area contributed by atoms with Crippen LogP contribution in [0, 0.1) is 11.8 Å². The van der Waals surface area contributed by atoms with E-state index < -0.39 is 0 Å². The van der Waals surface area contributed by atoms with Gasteiger partial charge in [0.25, 0.3) is 0 Å². The second kappa shape index (κ2) is 7.64. The lowest BCUT2D eigenvalue weighted by molar-refractivity contribution is -0.131. The second-order valence-electron chi connectivity index (χ2n) is 8.50. The van der Waals surface area contributed by atoms with Crippen LogP contribution in [0.15, 0.2) is 35.4 Å². The van der Waals surface area contributed by atoms with Crippen molar-refractivity contribution in [2.24, 2.45) is 0 Å². The van der Waals surface area contributed by atoms with Crippen LogP contribution in [0.1, 0.15) is 70.3 Å². The maximum atomic E-state index is 11.0. The molecule has 0 atom stereocenters. The summed E-state index contributed by atoms with van der Waals surface area (Å²) in [6.45, 7) is 12.8. The molecule has 0 saturated heterocycles. The Morgan fingerprint density at radius 1 is 1.21 bits per heavy atom. The van der Waals surface area contributed by atoms with E-state index in [0.717, 1.165) is 18.4 Å². The van der Waals surface area contributed by atoms with Gasteiger partial charge in [-0.1, -0.05) is 40.5 Å². The fraction of sp³-hybridized carbons (Fsp3) is 0.417. The fourth-order valence-corrected chi connectivity index (χ4v) is 5.62. The summed E-state index contributed by atoms with van der Waals surface area (Å²) in [5, 5.41) is 0. The maximum absolute atomic E-state index is 11.0. The van der Waals surface area contributed by atoms with Crippen molar-refractivity contribution in [3.05, 3.63) is 52.8 Å². The van der Waals surface area contributed by atoms with E-state index >= 15 is 0 Å². The molecule has 28 heavy (non-hydrogen) atoms. The van der Waals surface area contributed by atoms with Crippen LogP contribution in [0.2, 0.25) is 0 Å². The largest absolute Gasteiger partial charge is 0.425 e. The Morgan fingerprint density at radius 2 is 1.96 bits per heavy atom. The maximum Gasteiger partial charge on any atom is 0.308 e. The molecule has 1 aromatic heterocycles. The van der Waals surface area contributed by atoms with Gasteiger partial charge in [-0.25, -0.2) is 4.98 Å². The van der Waals surface area contributed by atoms with Gasteiger partial charge in [0.1, 0.15) is 11.4 Å². The zero-order valence-electron chi connectivity index (χ0n) is 17.5. The first-order valence-electron chi connectivity index (χ1n) is 9.62. The molecular formula is C24H27NO2S. The Bertz CT molecular complexity index is 963. The Hall–Kier alpha value is -2.25. The van der Waals surface area contributed by atoms with Crippen LogP contribution in [0.25, 0.3) is 0 Å². The number of fused-ring (bicyclic) bond motifs is 1. The molecule has 0 saturated carbocycles. The van der Waals surface area contributed by atoms with Crippen LogP contribution in [-0.2, 0) is 16.6 Å². The van der Waals surface area contributed by atoms with Gasteiger partial charge in [-0.2, -0.15) is 0 Å². The molecule has 146 valence electrons. The van der Waals surface area contributed by atoms with Crippen LogP contribution < -0.4 is 4.74 Å². The number of rotatable bonds is 2. The Labute approximate surface area is 172 Å². The zero-order valence-corrected chi connectivity index (χ0v) is 18.3. The molecule has 0 amide bonds. The normalized spacial score (nSPS) is 16.5. The van der Waals surface area contributed by atoms with E-state index in [1.165, 1.54) is 29.1 Å². The summed E-state index contributed by atoms with van der Waals surface area (Å²) in [7, 11) is 0. The lowest BCUT2D eigenvalue weighted by Gasteiger charge is -2.42. The van der Waals surface area contributed by atoms with Crippen LogP contribution in [0.3, 0.4) is 0 Å². The highest BCUT2D eigenvalue weighted by atomic mass is 32.2. The smallest absolute Gasteiger partial charge is 0.308 e. The topological polar surface area (TPSA) is 39.2 Å². The number of carbonyl (C=O) groups is 1. The number of carbonyl (C=O) groups excluding carboxylic acids is 1. The molecule has 3 nitrogen and oxygen atoms in total. The molecule has 0 bridgehead atoms. The summed E-state index contributed by atoms with van der Waals surface area (Å²) < 4.78 is 5.26. The van der Waals surface area contributed by atoms with E-state index in [-0.39, 0.29) is 16.1 Å². The highest BCUT2D eigenvalue weighted by Gasteiger charge is 2.38. The number of esters is 1. The van der Waals surface area contributed by atoms with Gasteiger partial charge in [-0.05, 0) is 59.6 Å². The zero-order chi connectivity index (χ0) is 20.5. The minimum atomic E-state index is -0.356. The standard InChI is InChI=1S/C24H27NO2S/c1-7-17-13-22-21(23(3,4)15-24(5,6)28-22)12-18(17)8-9-19-10-11-20(14-25-19)27-16(2)26/h10-14H,7,15H2,1-6H3. The van der Waals surface area contributed by atoms with Gasteiger partial charge in [0, 0.05) is 22.1 Å². The molecule has 1 aliphatic rings. The summed E-state index contributed by atoms with van der Waals surface area (Å²) in [6.07, 6.45) is 3.60. The molecule has 3 rings (SSSR count). The third kappa shape index (κ3) is 4.59. The number of nitrogens with zero attached hydrogens (tertiary/aromatic N) is 1. The van der Waals surface area contributed by atoms with Gasteiger partial charge in [0.15, 0.2) is 0 Å². The van der Waals surface area contributed by atoms with Crippen molar-refractivity contribution >= 4 is 17.7 Å². The Balaban J connectivity index is 1.96. The number of thioether (sulfide) groups is 1. The van der Waals surface area contributed by atoms with E-state index in [1.807, 2.05) is 11.8 Å². The molecular weight excluding hydrogens is 366 g/mol. The molecule has 2 heterocycles. The van der Waals surface area contributed by atoms with Crippen LogP contribution in [-0.4, -0.2) is 15.7 Å². The van der Waals surface area contributed by atoms with Crippen molar-refractivity contribution in [1.82, 2.24) is 4.98 Å². The van der Waals surface area contributed by atoms with Gasteiger partial charge in [-0.15, -0.1) is 11.8 Å². The number of hydrogen-bond donors (Lipinski definition) is 0. The molecule has 0 N–H and O–H groups in total. The first kappa shape index (κ1) is 20.5. The summed E-state index contributed by atoms with van der Waals surface area (Å²) in [4.78, 5) is 16.7. The van der Waals surface area contributed by atoms with Crippen LogP contribution in [0.5, 0.6) is 5.75 Å². The molecule has 1 aliphatic heterocycles. The first-order chi connectivity index (χ1) is 13.1. The number of aromatic nitrogens is 1. The highest BCUT2D eigenvalue weighted by Crippen LogP contribution is 2.51. The lowest BCUT2D eigenvalue weighted by Crippen LogP contribution is -2.33. The fourth-order valence-electron chi connectivity index (χ4n) is 3.95. The van der Waals surface area contributed by atoms with E-state index in [0.29, 0.717) is 11.4 Å². The third-order valence-corrected chi connectivity index (χ3v) is 6.15. The van der Waals surface area contributed by atoms with Gasteiger partial charge in [-0.3, -0.25) is 4.79 Å². The number of benzene rings is 1. The summed E-state index contributed by atoms with van der Waals surface area (Å²) >= 11 is 1.97. The molecule has 1 aromatic carbocycles. The second-order valence-corrected chi connectivity index (χ2v) is 10.3. The molecule has 0 radical (unpaired) electrons. The van der Waals surface area contributed by atoms with E-state index in [9.17, 15) is 4.79 Å². The predicted molar refractivity (Wildman–Crippen MR) is 115 cm³/mol. The van der Waals surface area contributed by atoms with Crippen molar-refractivity contribution in [3.8, 4) is 17.6 Å². The van der Waals surface area contributed by atoms with E-state index in [1.54, 1.807) is 12.1 Å². The Kier molecular flexibility index (Phi) is 5.59. The summed E-state index contributed by atoms with van der Waals surface area (Å²) in [5.74, 6) is 6.56. The van der Waals surface area contributed by atoms with E-state index in [2.05, 4.69) is 63.6 Å². The quantitative estimate of drug-likeness (QED) is 0.497. The minimum absolute atomic E-state index is 0.122. The van der Waals surface area contributed by atoms with Crippen molar-refractivity contribution in [2.45, 2.75) is 69.4 Å². The van der Waals surface area contributed by atoms with Crippen LogP contribution >= 0.6 is 11.8 Å². The van der Waals surface area contributed by atoms with E-state index in [4.69, 9.17) is 4.74 Å². The van der Waals surface area contributed by atoms with Gasteiger partial charge in [0.2, 0.25) is 0 Å². The highest BCUT2D eigenvalue weighted by molar-refractivity contribution is 8.00. The van der Waals surface area contributed by atoms with Gasteiger partial charge < -0.3 is 4.74 Å². The Morgan fingerprint density at radius 3 is 2.57 bits per heavy atom. The molecule has 0 unspecified atom stereocenters. The van der Waals surface area contributed by atoms with Crippen molar-refractivity contribution in [2.75, 3.05) is 0 Å². The van der Waals surface area contributed by atoms with Gasteiger partial charge in [0.05, 0.1) is 6.20 Å². The monoisotopic (exact) mass is 393 g/mol. The molecule has 0 aliphatic carbocycles. The SMILES string of the molecule is CCc1cc2c(cc1C#Cc1ccc(OC(C)=O)cn1)C(C)(C)CC(C)(C)S2. The lowest BCUT2D eigenvalue weighted by atomic mass is 9.76. The minimum Gasteiger partial charge on any atom is -0.425 e. The van der Waals surface area contributed by atoms with Crippen molar-refractivity contribution in [3.63, 3.8) is 0 Å². The third-order valence-electron chi connectivity index (χ3n) is 4.89. The molecule has 4 heteroatoms. The van der Waals surface area contributed by atoms with Crippen molar-refractivity contribution in [1.29, 1.82) is 0 Å². The molecule has 0 fully saturated rings. The molecule has 2 aromatic rings. The summed E-state index contributed by atoms with van der Waals surface area (Å²) in [5.41, 5.74) is 4.50. The van der Waals surface area contributed by atoms with Crippen molar-refractivity contribution < 1.29 is 9.53 Å².